The topological polar surface area (TPSA) is 107 Å². The highest BCUT2D eigenvalue weighted by molar-refractivity contribution is 7.86. The zero-order valence-corrected chi connectivity index (χ0v) is 17.4. The number of carbonyl (C=O) groups is 2. The van der Waals surface area contributed by atoms with Crippen molar-refractivity contribution < 1.29 is 32.0 Å². The van der Waals surface area contributed by atoms with Crippen LogP contribution in [0.4, 0.5) is 0 Å². The Hall–Kier alpha value is -1.93. The molecule has 1 N–H and O–H groups in total. The van der Waals surface area contributed by atoms with Gasteiger partial charge in [-0.3, -0.25) is 4.55 Å². The van der Waals surface area contributed by atoms with Gasteiger partial charge in [-0.25, -0.2) is 9.59 Å². The Balaban J connectivity index is 2.48. The zero-order chi connectivity index (χ0) is 21.0. The number of esters is 2. The molecule has 0 amide bonds. The maximum absolute atomic E-state index is 12.3. The van der Waals surface area contributed by atoms with Gasteiger partial charge in [0.25, 0.3) is 0 Å². The molecule has 0 fully saturated rings. The van der Waals surface area contributed by atoms with Gasteiger partial charge in [0.1, 0.15) is 0 Å². The lowest BCUT2D eigenvalue weighted by molar-refractivity contribution is 0.0425. The summed E-state index contributed by atoms with van der Waals surface area (Å²) < 4.78 is 40.8. The van der Waals surface area contributed by atoms with Crippen LogP contribution in [0.1, 0.15) is 85.9 Å². The molecular formula is C20H30O7S. The summed E-state index contributed by atoms with van der Waals surface area (Å²) in [6, 6.07) is 5.83. The molecule has 0 aliphatic carbocycles. The highest BCUT2D eigenvalue weighted by Gasteiger charge is 2.25. The van der Waals surface area contributed by atoms with E-state index < -0.39 is 27.5 Å². The molecule has 0 spiro atoms. The SMILES string of the molecule is CCCCCCCCCCOC(=O)c1ccccc1C(=O)OC(C)S(=O)(=O)O. The van der Waals surface area contributed by atoms with E-state index in [1.807, 2.05) is 0 Å². The third-order valence-electron chi connectivity index (χ3n) is 4.29. The molecule has 1 atom stereocenters. The first-order valence-corrected chi connectivity index (χ1v) is 11.2. The second-order valence-electron chi connectivity index (χ2n) is 6.64. The van der Waals surface area contributed by atoms with Crippen molar-refractivity contribution in [3.63, 3.8) is 0 Å². The van der Waals surface area contributed by atoms with Crippen molar-refractivity contribution in [2.45, 2.75) is 70.7 Å². The van der Waals surface area contributed by atoms with Gasteiger partial charge in [-0.2, -0.15) is 8.42 Å². The molecule has 158 valence electrons. The molecule has 0 aromatic heterocycles. The van der Waals surface area contributed by atoms with Crippen molar-refractivity contribution >= 4 is 22.1 Å². The maximum Gasteiger partial charge on any atom is 0.340 e. The maximum atomic E-state index is 12.3. The summed E-state index contributed by atoms with van der Waals surface area (Å²) in [6.07, 6.45) is 8.95. The lowest BCUT2D eigenvalue weighted by Crippen LogP contribution is -2.25. The summed E-state index contributed by atoms with van der Waals surface area (Å²) >= 11 is 0. The molecule has 1 aromatic carbocycles. The smallest absolute Gasteiger partial charge is 0.340 e. The summed E-state index contributed by atoms with van der Waals surface area (Å²) in [6.45, 7) is 3.45. The van der Waals surface area contributed by atoms with E-state index in [-0.39, 0.29) is 17.7 Å². The lowest BCUT2D eigenvalue weighted by Gasteiger charge is -2.12. The molecule has 0 saturated heterocycles. The van der Waals surface area contributed by atoms with Gasteiger partial charge in [0.15, 0.2) is 0 Å². The van der Waals surface area contributed by atoms with Crippen molar-refractivity contribution in [3.05, 3.63) is 35.4 Å². The van der Waals surface area contributed by atoms with Crippen LogP contribution in [0, 0.1) is 0 Å². The number of benzene rings is 1. The number of carbonyl (C=O) groups excluding carboxylic acids is 2. The number of unbranched alkanes of at least 4 members (excludes halogenated alkanes) is 7. The predicted molar refractivity (Wildman–Crippen MR) is 106 cm³/mol. The van der Waals surface area contributed by atoms with E-state index in [2.05, 4.69) is 6.92 Å². The van der Waals surface area contributed by atoms with Crippen LogP contribution < -0.4 is 0 Å². The van der Waals surface area contributed by atoms with Gasteiger partial charge in [0, 0.05) is 0 Å². The first-order valence-electron chi connectivity index (χ1n) is 9.70. The van der Waals surface area contributed by atoms with Gasteiger partial charge in [-0.05, 0) is 25.5 Å². The molecule has 0 heterocycles. The summed E-state index contributed by atoms with van der Waals surface area (Å²) in [4.78, 5) is 24.4. The summed E-state index contributed by atoms with van der Waals surface area (Å²) in [5, 5.41) is 0. The second kappa shape index (κ2) is 12.5. The monoisotopic (exact) mass is 414 g/mol. The van der Waals surface area contributed by atoms with Crippen LogP contribution in [-0.2, 0) is 19.6 Å². The molecule has 1 rings (SSSR count). The Morgan fingerprint density at radius 1 is 0.929 bits per heavy atom. The van der Waals surface area contributed by atoms with E-state index in [0.717, 1.165) is 26.2 Å². The number of hydrogen-bond acceptors (Lipinski definition) is 6. The summed E-state index contributed by atoms with van der Waals surface area (Å²) in [5.41, 5.74) is -1.85. The van der Waals surface area contributed by atoms with Crippen molar-refractivity contribution in [2.75, 3.05) is 6.61 Å². The molecule has 1 aromatic rings. The van der Waals surface area contributed by atoms with Crippen LogP contribution in [-0.4, -0.2) is 37.0 Å². The van der Waals surface area contributed by atoms with E-state index >= 15 is 0 Å². The minimum atomic E-state index is -4.53. The Morgan fingerprint density at radius 3 is 1.96 bits per heavy atom. The number of hydrogen-bond donors (Lipinski definition) is 1. The molecule has 1 unspecified atom stereocenters. The molecule has 0 aliphatic rings. The summed E-state index contributed by atoms with van der Waals surface area (Å²) in [7, 11) is -4.53. The number of rotatable bonds is 13. The number of ether oxygens (including phenoxy) is 2. The second-order valence-corrected chi connectivity index (χ2v) is 8.34. The predicted octanol–water partition coefficient (Wildman–Crippen LogP) is 4.37. The van der Waals surface area contributed by atoms with Crippen LogP contribution >= 0.6 is 0 Å². The fourth-order valence-corrected chi connectivity index (χ4v) is 2.80. The Kier molecular flexibility index (Phi) is 10.8. The highest BCUT2D eigenvalue weighted by atomic mass is 32.2. The van der Waals surface area contributed by atoms with Crippen LogP contribution in [0.5, 0.6) is 0 Å². The van der Waals surface area contributed by atoms with Crippen LogP contribution in [0.15, 0.2) is 24.3 Å². The van der Waals surface area contributed by atoms with Crippen LogP contribution in [0.25, 0.3) is 0 Å². The van der Waals surface area contributed by atoms with Gasteiger partial charge in [0.05, 0.1) is 17.7 Å². The third-order valence-corrected chi connectivity index (χ3v) is 5.23. The molecular weight excluding hydrogens is 384 g/mol. The van der Waals surface area contributed by atoms with E-state index in [1.165, 1.54) is 50.3 Å². The molecule has 8 heteroatoms. The van der Waals surface area contributed by atoms with Crippen molar-refractivity contribution in [2.24, 2.45) is 0 Å². The van der Waals surface area contributed by atoms with Crippen molar-refractivity contribution in [1.29, 1.82) is 0 Å². The van der Waals surface area contributed by atoms with Gasteiger partial charge < -0.3 is 9.47 Å². The first kappa shape index (κ1) is 24.1. The highest BCUT2D eigenvalue weighted by Crippen LogP contribution is 2.15. The van der Waals surface area contributed by atoms with Crippen LogP contribution in [0.3, 0.4) is 0 Å². The van der Waals surface area contributed by atoms with E-state index in [4.69, 9.17) is 14.0 Å². The molecule has 0 aliphatic heterocycles. The lowest BCUT2D eigenvalue weighted by atomic mass is 10.1. The first-order chi connectivity index (χ1) is 13.3. The fourth-order valence-electron chi connectivity index (χ4n) is 2.59. The van der Waals surface area contributed by atoms with Crippen molar-refractivity contribution in [1.82, 2.24) is 0 Å². The minimum Gasteiger partial charge on any atom is -0.462 e. The van der Waals surface area contributed by atoms with Crippen LogP contribution in [0.2, 0.25) is 0 Å². The summed E-state index contributed by atoms with van der Waals surface area (Å²) in [5.74, 6) is -1.69. The standard InChI is InChI=1S/C20H30O7S/c1-3-4-5-6-7-8-9-12-15-26-19(21)17-13-10-11-14-18(17)20(22)27-16(2)28(23,24)25/h10-11,13-14,16H,3-9,12,15H2,1-2H3,(H,23,24,25). The molecule has 0 bridgehead atoms. The van der Waals surface area contributed by atoms with Gasteiger partial charge in [-0.1, -0.05) is 64.0 Å². The van der Waals surface area contributed by atoms with E-state index in [0.29, 0.717) is 0 Å². The van der Waals surface area contributed by atoms with Gasteiger partial charge in [0.2, 0.25) is 5.44 Å². The molecule has 28 heavy (non-hydrogen) atoms. The average Bonchev–Trinajstić information content (AvgIpc) is 2.65. The Labute approximate surface area is 167 Å². The molecule has 0 radical (unpaired) electrons. The zero-order valence-electron chi connectivity index (χ0n) is 16.6. The normalized spacial score (nSPS) is 12.4. The fraction of sp³-hybridized carbons (Fsp3) is 0.600. The van der Waals surface area contributed by atoms with E-state index in [1.54, 1.807) is 6.07 Å². The Morgan fingerprint density at radius 2 is 1.43 bits per heavy atom. The average molecular weight is 415 g/mol. The largest absolute Gasteiger partial charge is 0.462 e. The van der Waals surface area contributed by atoms with Gasteiger partial charge in [-0.15, -0.1) is 0 Å². The minimum absolute atomic E-state index is 0.00500. The quantitative estimate of drug-likeness (QED) is 0.290. The third kappa shape index (κ3) is 8.84. The molecule has 0 saturated carbocycles. The van der Waals surface area contributed by atoms with Crippen molar-refractivity contribution in [3.8, 4) is 0 Å². The molecule has 7 nitrogen and oxygen atoms in total. The Bertz CT molecular complexity index is 728. The van der Waals surface area contributed by atoms with E-state index in [9.17, 15) is 18.0 Å². The van der Waals surface area contributed by atoms with Gasteiger partial charge >= 0.3 is 22.1 Å².